The molecule has 1 aliphatic heterocycles. The quantitative estimate of drug-likeness (QED) is 0.537. The fourth-order valence-corrected chi connectivity index (χ4v) is 4.95. The second-order valence-corrected chi connectivity index (χ2v) is 9.84. The fraction of sp³-hybridized carbons (Fsp3) is 0.240. The topological polar surface area (TPSA) is 78.5 Å². The molecule has 4 rings (SSSR count). The standard InChI is InChI=1S/C25H26FN3O3S/c26-21-6-8-23(9-7-21)28-33(31,32)24-12-10-22(11-13-24)27-25(30)20-14-16-29(17-15-20)18-19-4-2-1-3-5-19/h1-13,20,28H,14-18H2,(H,27,30). The highest BCUT2D eigenvalue weighted by molar-refractivity contribution is 7.92. The minimum Gasteiger partial charge on any atom is -0.326 e. The van der Waals surface area contributed by atoms with Crippen molar-refractivity contribution in [1.82, 2.24) is 4.90 Å². The molecule has 0 bridgehead atoms. The summed E-state index contributed by atoms with van der Waals surface area (Å²) in [4.78, 5) is 15.1. The van der Waals surface area contributed by atoms with Gasteiger partial charge in [-0.25, -0.2) is 12.8 Å². The highest BCUT2D eigenvalue weighted by Crippen LogP contribution is 2.22. The molecule has 0 spiro atoms. The number of likely N-dealkylation sites (tertiary alicyclic amines) is 1. The van der Waals surface area contributed by atoms with Crippen LogP contribution in [0.1, 0.15) is 18.4 Å². The number of sulfonamides is 1. The van der Waals surface area contributed by atoms with Crippen molar-refractivity contribution in [2.75, 3.05) is 23.1 Å². The number of carbonyl (C=O) groups is 1. The molecule has 0 atom stereocenters. The molecule has 1 heterocycles. The average Bonchev–Trinajstić information content (AvgIpc) is 2.82. The Morgan fingerprint density at radius 3 is 2.12 bits per heavy atom. The largest absolute Gasteiger partial charge is 0.326 e. The molecule has 0 aliphatic carbocycles. The van der Waals surface area contributed by atoms with E-state index in [4.69, 9.17) is 0 Å². The van der Waals surface area contributed by atoms with Crippen LogP contribution in [0, 0.1) is 11.7 Å². The summed E-state index contributed by atoms with van der Waals surface area (Å²) < 4.78 is 40.5. The SMILES string of the molecule is O=C(Nc1ccc(S(=O)(=O)Nc2ccc(F)cc2)cc1)C1CCN(Cc2ccccc2)CC1. The summed E-state index contributed by atoms with van der Waals surface area (Å²) in [5.41, 5.74) is 2.09. The molecule has 172 valence electrons. The summed E-state index contributed by atoms with van der Waals surface area (Å²) in [5, 5.41) is 2.90. The number of amides is 1. The molecule has 6 nitrogen and oxygen atoms in total. The van der Waals surface area contributed by atoms with E-state index in [0.29, 0.717) is 5.69 Å². The van der Waals surface area contributed by atoms with Gasteiger partial charge in [0.25, 0.3) is 10.0 Å². The maximum absolute atomic E-state index is 13.0. The summed E-state index contributed by atoms with van der Waals surface area (Å²) in [6, 6.07) is 21.4. The van der Waals surface area contributed by atoms with Crippen LogP contribution in [0.5, 0.6) is 0 Å². The first kappa shape index (κ1) is 22.9. The molecule has 3 aromatic carbocycles. The van der Waals surface area contributed by atoms with E-state index < -0.39 is 15.8 Å². The van der Waals surface area contributed by atoms with Crippen LogP contribution in [-0.4, -0.2) is 32.3 Å². The van der Waals surface area contributed by atoms with Crippen molar-refractivity contribution in [2.24, 2.45) is 5.92 Å². The zero-order chi connectivity index (χ0) is 23.3. The Labute approximate surface area is 193 Å². The monoisotopic (exact) mass is 467 g/mol. The predicted molar refractivity (Wildman–Crippen MR) is 127 cm³/mol. The van der Waals surface area contributed by atoms with Crippen LogP contribution < -0.4 is 10.0 Å². The second-order valence-electron chi connectivity index (χ2n) is 8.16. The maximum atomic E-state index is 13.0. The maximum Gasteiger partial charge on any atom is 0.261 e. The summed E-state index contributed by atoms with van der Waals surface area (Å²) in [7, 11) is -3.81. The van der Waals surface area contributed by atoms with Gasteiger partial charge in [0, 0.05) is 23.8 Å². The highest BCUT2D eigenvalue weighted by atomic mass is 32.2. The third kappa shape index (κ3) is 6.18. The molecule has 2 N–H and O–H groups in total. The van der Waals surface area contributed by atoms with Crippen LogP contribution in [0.15, 0.2) is 83.8 Å². The molecular weight excluding hydrogens is 441 g/mol. The summed E-state index contributed by atoms with van der Waals surface area (Å²) in [6.45, 7) is 2.61. The lowest BCUT2D eigenvalue weighted by Crippen LogP contribution is -2.37. The van der Waals surface area contributed by atoms with Gasteiger partial charge in [0.05, 0.1) is 4.90 Å². The number of benzene rings is 3. The van der Waals surface area contributed by atoms with Crippen LogP contribution in [-0.2, 0) is 21.4 Å². The lowest BCUT2D eigenvalue weighted by molar-refractivity contribution is -0.121. The first-order valence-corrected chi connectivity index (χ1v) is 12.3. The first-order valence-electron chi connectivity index (χ1n) is 10.8. The number of rotatable bonds is 7. The third-order valence-electron chi connectivity index (χ3n) is 5.74. The van der Waals surface area contributed by atoms with E-state index in [1.807, 2.05) is 18.2 Å². The minimum absolute atomic E-state index is 0.0468. The number of carbonyl (C=O) groups excluding carboxylic acids is 1. The molecule has 3 aromatic rings. The average molecular weight is 468 g/mol. The predicted octanol–water partition coefficient (Wildman–Crippen LogP) is 4.48. The van der Waals surface area contributed by atoms with Gasteiger partial charge in [-0.3, -0.25) is 14.4 Å². The van der Waals surface area contributed by atoms with Crippen LogP contribution in [0.3, 0.4) is 0 Å². The number of anilines is 2. The third-order valence-corrected chi connectivity index (χ3v) is 7.13. The molecule has 1 saturated heterocycles. The van der Waals surface area contributed by atoms with Crippen molar-refractivity contribution in [2.45, 2.75) is 24.3 Å². The molecule has 0 saturated carbocycles. The van der Waals surface area contributed by atoms with Gasteiger partial charge in [-0.1, -0.05) is 30.3 Å². The Hall–Kier alpha value is -3.23. The zero-order valence-corrected chi connectivity index (χ0v) is 18.9. The van der Waals surface area contributed by atoms with Gasteiger partial charge < -0.3 is 5.32 Å². The molecule has 0 aromatic heterocycles. The van der Waals surface area contributed by atoms with E-state index >= 15 is 0 Å². The van der Waals surface area contributed by atoms with Gasteiger partial charge in [-0.05, 0) is 80.0 Å². The minimum atomic E-state index is -3.81. The lowest BCUT2D eigenvalue weighted by Gasteiger charge is -2.31. The Kier molecular flexibility index (Phi) is 7.05. The number of nitrogens with one attached hydrogen (secondary N) is 2. The van der Waals surface area contributed by atoms with Crippen LogP contribution >= 0.6 is 0 Å². The lowest BCUT2D eigenvalue weighted by atomic mass is 9.95. The van der Waals surface area contributed by atoms with Gasteiger partial charge in [0.1, 0.15) is 5.82 Å². The van der Waals surface area contributed by atoms with E-state index in [2.05, 4.69) is 27.1 Å². The van der Waals surface area contributed by atoms with Crippen LogP contribution in [0.4, 0.5) is 15.8 Å². The molecule has 1 aliphatic rings. The summed E-state index contributed by atoms with van der Waals surface area (Å²) in [6.07, 6.45) is 1.57. The summed E-state index contributed by atoms with van der Waals surface area (Å²) in [5.74, 6) is -0.560. The molecule has 8 heteroatoms. The van der Waals surface area contributed by atoms with Crippen molar-refractivity contribution in [1.29, 1.82) is 0 Å². The number of nitrogens with zero attached hydrogens (tertiary/aromatic N) is 1. The highest BCUT2D eigenvalue weighted by Gasteiger charge is 2.25. The Morgan fingerprint density at radius 1 is 0.879 bits per heavy atom. The van der Waals surface area contributed by atoms with E-state index in [0.717, 1.165) is 32.5 Å². The molecule has 33 heavy (non-hydrogen) atoms. The van der Waals surface area contributed by atoms with Gasteiger partial charge in [0.2, 0.25) is 5.91 Å². The van der Waals surface area contributed by atoms with Crippen LogP contribution in [0.25, 0.3) is 0 Å². The van der Waals surface area contributed by atoms with Gasteiger partial charge in [0.15, 0.2) is 0 Å². The normalized spacial score (nSPS) is 15.2. The van der Waals surface area contributed by atoms with Gasteiger partial charge >= 0.3 is 0 Å². The van der Waals surface area contributed by atoms with Crippen molar-refractivity contribution in [3.05, 3.63) is 90.2 Å². The molecule has 1 amide bonds. The fourth-order valence-electron chi connectivity index (χ4n) is 3.89. The van der Waals surface area contributed by atoms with Crippen molar-refractivity contribution < 1.29 is 17.6 Å². The Balaban J connectivity index is 1.29. The number of piperidine rings is 1. The second kappa shape index (κ2) is 10.1. The number of hydrogen-bond donors (Lipinski definition) is 2. The van der Waals surface area contributed by atoms with Crippen molar-refractivity contribution in [3.63, 3.8) is 0 Å². The Bertz CT molecular complexity index is 1180. The van der Waals surface area contributed by atoms with Crippen molar-refractivity contribution in [3.8, 4) is 0 Å². The van der Waals surface area contributed by atoms with E-state index in [1.54, 1.807) is 12.1 Å². The smallest absolute Gasteiger partial charge is 0.261 e. The molecular formula is C25H26FN3O3S. The summed E-state index contributed by atoms with van der Waals surface area (Å²) >= 11 is 0. The number of halogens is 1. The molecule has 0 radical (unpaired) electrons. The van der Waals surface area contributed by atoms with E-state index in [9.17, 15) is 17.6 Å². The zero-order valence-electron chi connectivity index (χ0n) is 18.1. The van der Waals surface area contributed by atoms with Gasteiger partial charge in [-0.15, -0.1) is 0 Å². The van der Waals surface area contributed by atoms with E-state index in [1.165, 1.54) is 42.0 Å². The molecule has 0 unspecified atom stereocenters. The van der Waals surface area contributed by atoms with Crippen molar-refractivity contribution >= 4 is 27.3 Å². The Morgan fingerprint density at radius 2 is 1.48 bits per heavy atom. The number of hydrogen-bond acceptors (Lipinski definition) is 4. The van der Waals surface area contributed by atoms with Crippen LogP contribution in [0.2, 0.25) is 0 Å². The first-order chi connectivity index (χ1) is 15.9. The van der Waals surface area contributed by atoms with Gasteiger partial charge in [-0.2, -0.15) is 0 Å². The molecule has 1 fully saturated rings. The van der Waals surface area contributed by atoms with E-state index in [-0.39, 0.29) is 22.4 Å².